The van der Waals surface area contributed by atoms with E-state index in [9.17, 15) is 0 Å². The lowest BCUT2D eigenvalue weighted by Gasteiger charge is -2.27. The smallest absolute Gasteiger partial charge is 0.137 e. The Kier molecular flexibility index (Phi) is 2.79. The van der Waals surface area contributed by atoms with Gasteiger partial charge in [-0.1, -0.05) is 6.58 Å². The molecule has 2 rings (SSSR count). The number of hydrogen-bond acceptors (Lipinski definition) is 3. The molecular weight excluding hydrogens is 176 g/mol. The number of ether oxygens (including phenoxy) is 1. The molecule has 1 unspecified atom stereocenters. The summed E-state index contributed by atoms with van der Waals surface area (Å²) in [6.07, 6.45) is 4.66. The first-order valence-electron chi connectivity index (χ1n) is 4.83. The first-order valence-corrected chi connectivity index (χ1v) is 4.83. The lowest BCUT2D eigenvalue weighted by Crippen LogP contribution is -2.46. The van der Waals surface area contributed by atoms with Crippen LogP contribution in [0.4, 0.5) is 0 Å². The van der Waals surface area contributed by atoms with E-state index in [0.29, 0.717) is 6.04 Å². The number of hydrogen-bond donors (Lipinski definition) is 1. The summed E-state index contributed by atoms with van der Waals surface area (Å²) in [7, 11) is 0. The predicted octanol–water partition coefficient (Wildman–Crippen LogP) is 1.47. The van der Waals surface area contributed by atoms with Gasteiger partial charge in [-0.05, 0) is 31.2 Å². The van der Waals surface area contributed by atoms with Crippen molar-refractivity contribution in [1.82, 2.24) is 10.3 Å². The Bertz CT molecular complexity index is 304. The van der Waals surface area contributed by atoms with Crippen LogP contribution in [0.25, 0.3) is 6.08 Å². The second-order valence-corrected chi connectivity index (χ2v) is 3.37. The van der Waals surface area contributed by atoms with Crippen molar-refractivity contribution in [3.8, 4) is 5.75 Å². The minimum absolute atomic E-state index is 0.522. The van der Waals surface area contributed by atoms with Gasteiger partial charge >= 0.3 is 0 Å². The highest BCUT2D eigenvalue weighted by Gasteiger charge is 2.16. The van der Waals surface area contributed by atoms with Gasteiger partial charge in [-0.2, -0.15) is 0 Å². The molecule has 14 heavy (non-hydrogen) atoms. The van der Waals surface area contributed by atoms with Crippen LogP contribution in [0, 0.1) is 0 Å². The molecule has 0 aromatic carbocycles. The molecule has 0 amide bonds. The third-order valence-corrected chi connectivity index (χ3v) is 2.35. The Balaban J connectivity index is 1.85. The van der Waals surface area contributed by atoms with E-state index in [4.69, 9.17) is 4.74 Å². The number of aromatic nitrogens is 1. The molecule has 1 fully saturated rings. The van der Waals surface area contributed by atoms with Crippen LogP contribution in [-0.2, 0) is 0 Å². The summed E-state index contributed by atoms with van der Waals surface area (Å²) in [6.45, 7) is 5.49. The first kappa shape index (κ1) is 9.21. The van der Waals surface area contributed by atoms with E-state index in [2.05, 4.69) is 16.9 Å². The van der Waals surface area contributed by atoms with Crippen LogP contribution in [0.3, 0.4) is 0 Å². The Morgan fingerprint density at radius 2 is 2.50 bits per heavy atom. The molecule has 0 saturated carbocycles. The van der Waals surface area contributed by atoms with E-state index in [1.165, 1.54) is 6.42 Å². The van der Waals surface area contributed by atoms with Gasteiger partial charge in [-0.25, -0.2) is 0 Å². The van der Waals surface area contributed by atoms with Crippen LogP contribution in [0.2, 0.25) is 0 Å². The molecule has 0 bridgehead atoms. The molecule has 1 atom stereocenters. The van der Waals surface area contributed by atoms with Gasteiger partial charge in [0.15, 0.2) is 0 Å². The fraction of sp³-hybridized carbons (Fsp3) is 0.364. The first-order chi connectivity index (χ1) is 6.88. The maximum atomic E-state index is 5.55. The van der Waals surface area contributed by atoms with Crippen molar-refractivity contribution in [2.75, 3.05) is 13.2 Å². The van der Waals surface area contributed by atoms with Crippen molar-refractivity contribution in [3.05, 3.63) is 30.6 Å². The van der Waals surface area contributed by atoms with E-state index in [-0.39, 0.29) is 0 Å². The zero-order chi connectivity index (χ0) is 9.80. The summed E-state index contributed by atoms with van der Waals surface area (Å²) in [5, 5.41) is 3.28. The predicted molar refractivity (Wildman–Crippen MR) is 56.2 cm³/mol. The highest BCUT2D eigenvalue weighted by atomic mass is 16.5. The normalized spacial score (nSPS) is 19.9. The summed E-state index contributed by atoms with van der Waals surface area (Å²) in [4.78, 5) is 4.16. The molecule has 0 spiro atoms. The van der Waals surface area contributed by atoms with Gasteiger partial charge in [0.25, 0.3) is 0 Å². The van der Waals surface area contributed by atoms with Crippen molar-refractivity contribution >= 4 is 6.08 Å². The highest BCUT2D eigenvalue weighted by molar-refractivity contribution is 5.42. The van der Waals surface area contributed by atoms with Crippen LogP contribution in [0.1, 0.15) is 12.1 Å². The minimum atomic E-state index is 0.522. The van der Waals surface area contributed by atoms with Gasteiger partial charge in [-0.15, -0.1) is 0 Å². The standard InChI is InChI=1S/C11H14N2O/c1-2-9-3-4-11(7-13-9)14-8-10-5-6-12-10/h2-4,7,10,12H,1,5-6,8H2. The molecule has 1 N–H and O–H groups in total. The lowest BCUT2D eigenvalue weighted by atomic mass is 10.1. The summed E-state index contributed by atoms with van der Waals surface area (Å²) in [5.74, 6) is 0.823. The van der Waals surface area contributed by atoms with Crippen LogP contribution >= 0.6 is 0 Å². The Labute approximate surface area is 83.8 Å². The number of nitrogens with zero attached hydrogens (tertiary/aromatic N) is 1. The van der Waals surface area contributed by atoms with Crippen LogP contribution in [0.15, 0.2) is 24.9 Å². The zero-order valence-electron chi connectivity index (χ0n) is 8.07. The molecule has 2 heterocycles. The van der Waals surface area contributed by atoms with Crippen molar-refractivity contribution in [3.63, 3.8) is 0 Å². The maximum Gasteiger partial charge on any atom is 0.137 e. The van der Waals surface area contributed by atoms with E-state index in [1.807, 2.05) is 12.1 Å². The Morgan fingerprint density at radius 1 is 1.64 bits per heavy atom. The highest BCUT2D eigenvalue weighted by Crippen LogP contribution is 2.11. The third-order valence-electron chi connectivity index (χ3n) is 2.35. The molecule has 74 valence electrons. The van der Waals surface area contributed by atoms with Gasteiger partial charge < -0.3 is 10.1 Å². The van der Waals surface area contributed by atoms with Crippen LogP contribution < -0.4 is 10.1 Å². The molecule has 1 aliphatic rings. The lowest BCUT2D eigenvalue weighted by molar-refractivity contribution is 0.217. The summed E-state index contributed by atoms with van der Waals surface area (Å²) >= 11 is 0. The SMILES string of the molecule is C=Cc1ccc(OCC2CCN2)cn1. The second-order valence-electron chi connectivity index (χ2n) is 3.37. The van der Waals surface area contributed by atoms with Gasteiger partial charge in [0, 0.05) is 6.04 Å². The third kappa shape index (κ3) is 2.12. The fourth-order valence-corrected chi connectivity index (χ4v) is 1.29. The van der Waals surface area contributed by atoms with Gasteiger partial charge in [-0.3, -0.25) is 4.98 Å². The van der Waals surface area contributed by atoms with E-state index < -0.39 is 0 Å². The Morgan fingerprint density at radius 3 is 3.00 bits per heavy atom. The fourth-order valence-electron chi connectivity index (χ4n) is 1.29. The molecule has 1 saturated heterocycles. The van der Waals surface area contributed by atoms with Gasteiger partial charge in [0.2, 0.25) is 0 Å². The average Bonchev–Trinajstić information content (AvgIpc) is 2.16. The van der Waals surface area contributed by atoms with E-state index >= 15 is 0 Å². The average molecular weight is 190 g/mol. The topological polar surface area (TPSA) is 34.1 Å². The molecular formula is C11H14N2O. The largest absolute Gasteiger partial charge is 0.490 e. The second kappa shape index (κ2) is 4.24. The van der Waals surface area contributed by atoms with Crippen LogP contribution in [-0.4, -0.2) is 24.2 Å². The number of rotatable bonds is 4. The van der Waals surface area contributed by atoms with Gasteiger partial charge in [0.05, 0.1) is 11.9 Å². The quantitative estimate of drug-likeness (QED) is 0.780. The van der Waals surface area contributed by atoms with Crippen LogP contribution in [0.5, 0.6) is 5.75 Å². The summed E-state index contributed by atoms with van der Waals surface area (Å²) < 4.78 is 5.55. The minimum Gasteiger partial charge on any atom is -0.490 e. The van der Waals surface area contributed by atoms with Crippen molar-refractivity contribution in [1.29, 1.82) is 0 Å². The monoisotopic (exact) mass is 190 g/mol. The molecule has 3 nitrogen and oxygen atoms in total. The molecule has 0 aliphatic carbocycles. The van der Waals surface area contributed by atoms with Crippen molar-refractivity contribution < 1.29 is 4.74 Å². The van der Waals surface area contributed by atoms with Crippen molar-refractivity contribution in [2.45, 2.75) is 12.5 Å². The zero-order valence-corrected chi connectivity index (χ0v) is 8.07. The number of pyridine rings is 1. The number of nitrogens with one attached hydrogen (secondary N) is 1. The van der Waals surface area contributed by atoms with Crippen molar-refractivity contribution in [2.24, 2.45) is 0 Å². The maximum absolute atomic E-state index is 5.55. The molecule has 1 aromatic heterocycles. The molecule has 0 radical (unpaired) electrons. The molecule has 1 aromatic rings. The van der Waals surface area contributed by atoms with Gasteiger partial charge in [0.1, 0.15) is 12.4 Å². The van der Waals surface area contributed by atoms with E-state index in [1.54, 1.807) is 12.3 Å². The molecule has 3 heteroatoms. The Hall–Kier alpha value is -1.35. The van der Waals surface area contributed by atoms with E-state index in [0.717, 1.165) is 24.6 Å². The molecule has 1 aliphatic heterocycles. The summed E-state index contributed by atoms with van der Waals surface area (Å²) in [5.41, 5.74) is 0.874. The summed E-state index contributed by atoms with van der Waals surface area (Å²) in [6, 6.07) is 4.34.